The van der Waals surface area contributed by atoms with Gasteiger partial charge < -0.3 is 24.8 Å². The van der Waals surface area contributed by atoms with Crippen molar-refractivity contribution < 1.29 is 14.6 Å². The second-order valence-electron chi connectivity index (χ2n) is 7.56. The van der Waals surface area contributed by atoms with Crippen LogP contribution in [-0.2, 0) is 11.3 Å². The Morgan fingerprint density at radius 3 is 2.52 bits per heavy atom. The summed E-state index contributed by atoms with van der Waals surface area (Å²) in [6.07, 6.45) is 1.60. The molecule has 0 saturated carbocycles. The molecule has 2 atom stereocenters. The fourth-order valence-electron chi connectivity index (χ4n) is 3.82. The summed E-state index contributed by atoms with van der Waals surface area (Å²) >= 11 is 6.56. The highest BCUT2D eigenvalue weighted by atomic mass is 35.5. The van der Waals surface area contributed by atoms with E-state index in [4.69, 9.17) is 31.2 Å². The molecule has 0 aromatic heterocycles. The first-order valence-electron chi connectivity index (χ1n) is 10.3. The van der Waals surface area contributed by atoms with Crippen molar-refractivity contribution in [1.82, 2.24) is 5.32 Å². The first kappa shape index (κ1) is 20.1. The van der Waals surface area contributed by atoms with Gasteiger partial charge >= 0.3 is 0 Å². The number of halogens is 1. The molecule has 3 heterocycles. The van der Waals surface area contributed by atoms with Crippen molar-refractivity contribution in [3.8, 4) is 5.75 Å². The standard InChI is InChI=1S/C23H23ClN4O3/c24-19-13-20-22(27-23(25-20)31-18-7-1-15(14-29)2-8-18)26-21(19)16-3-5-17(6-4-16)28-9-11-30-12-10-28/h1-8,13,20,22,29H,9-12,14H2,(H,25,27). The fraction of sp³-hybridized carbons (Fsp3) is 0.304. The van der Waals surface area contributed by atoms with Gasteiger partial charge in [-0.2, -0.15) is 0 Å². The number of rotatable bonds is 4. The van der Waals surface area contributed by atoms with Crippen LogP contribution < -0.4 is 15.0 Å². The van der Waals surface area contributed by atoms with Gasteiger partial charge in [-0.25, -0.2) is 4.99 Å². The largest absolute Gasteiger partial charge is 0.426 e. The molecule has 0 radical (unpaired) electrons. The summed E-state index contributed by atoms with van der Waals surface area (Å²) < 4.78 is 11.3. The molecule has 0 spiro atoms. The van der Waals surface area contributed by atoms with Gasteiger partial charge in [0.15, 0.2) is 6.17 Å². The van der Waals surface area contributed by atoms with Crippen LogP contribution in [0.25, 0.3) is 0 Å². The van der Waals surface area contributed by atoms with Crippen LogP contribution in [0.1, 0.15) is 11.1 Å². The molecule has 0 amide bonds. The molecule has 31 heavy (non-hydrogen) atoms. The molecule has 0 bridgehead atoms. The van der Waals surface area contributed by atoms with E-state index in [-0.39, 0.29) is 18.8 Å². The topological polar surface area (TPSA) is 78.7 Å². The van der Waals surface area contributed by atoms with Crippen LogP contribution >= 0.6 is 11.6 Å². The van der Waals surface area contributed by atoms with Gasteiger partial charge in [-0.1, -0.05) is 35.9 Å². The molecule has 1 fully saturated rings. The number of aliphatic imine (C=N–C) groups is 2. The van der Waals surface area contributed by atoms with E-state index in [0.29, 0.717) is 16.8 Å². The number of allylic oxidation sites excluding steroid dienone is 1. The van der Waals surface area contributed by atoms with E-state index >= 15 is 0 Å². The number of hydrogen-bond donors (Lipinski definition) is 2. The Kier molecular flexibility index (Phi) is 5.63. The number of dihydropyridines is 1. The molecule has 3 aliphatic rings. The Morgan fingerprint density at radius 1 is 1.06 bits per heavy atom. The molecule has 5 rings (SSSR count). The van der Waals surface area contributed by atoms with Crippen molar-refractivity contribution in [2.24, 2.45) is 9.98 Å². The highest BCUT2D eigenvalue weighted by molar-refractivity contribution is 6.46. The van der Waals surface area contributed by atoms with Crippen LogP contribution in [0.2, 0.25) is 0 Å². The number of aliphatic hydroxyl groups excluding tert-OH is 1. The normalized spacial score (nSPS) is 22.8. The Labute approximate surface area is 185 Å². The maximum atomic E-state index is 9.16. The zero-order valence-corrected chi connectivity index (χ0v) is 17.6. The number of fused-ring (bicyclic) bond motifs is 1. The lowest BCUT2D eigenvalue weighted by molar-refractivity contribution is 0.122. The molecule has 0 aliphatic carbocycles. The van der Waals surface area contributed by atoms with E-state index in [2.05, 4.69) is 27.3 Å². The van der Waals surface area contributed by atoms with Crippen molar-refractivity contribution in [2.45, 2.75) is 18.8 Å². The number of amidine groups is 1. The highest BCUT2D eigenvalue weighted by Gasteiger charge is 2.33. The number of hydrogen-bond acceptors (Lipinski definition) is 7. The highest BCUT2D eigenvalue weighted by Crippen LogP contribution is 2.27. The number of benzene rings is 2. The number of ether oxygens (including phenoxy) is 2. The summed E-state index contributed by atoms with van der Waals surface area (Å²) in [4.78, 5) is 11.7. The van der Waals surface area contributed by atoms with Crippen molar-refractivity contribution in [3.63, 3.8) is 0 Å². The monoisotopic (exact) mass is 438 g/mol. The smallest absolute Gasteiger partial charge is 0.293 e. The van der Waals surface area contributed by atoms with E-state index < -0.39 is 0 Å². The number of nitrogens with one attached hydrogen (secondary N) is 1. The van der Waals surface area contributed by atoms with Crippen LogP contribution in [0, 0.1) is 0 Å². The molecule has 2 aromatic carbocycles. The van der Waals surface area contributed by atoms with Crippen molar-refractivity contribution >= 4 is 29.0 Å². The van der Waals surface area contributed by atoms with Gasteiger partial charge in [0.1, 0.15) is 5.75 Å². The zero-order chi connectivity index (χ0) is 21.2. The average Bonchev–Trinajstić information content (AvgIpc) is 3.20. The summed E-state index contributed by atoms with van der Waals surface area (Å²) in [6.45, 7) is 3.31. The van der Waals surface area contributed by atoms with Gasteiger partial charge in [-0.3, -0.25) is 4.99 Å². The molecule has 3 aliphatic heterocycles. The predicted octanol–water partition coefficient (Wildman–Crippen LogP) is 2.67. The van der Waals surface area contributed by atoms with Gasteiger partial charge in [-0.15, -0.1) is 0 Å². The lowest BCUT2D eigenvalue weighted by Crippen LogP contribution is -2.37. The van der Waals surface area contributed by atoms with E-state index in [0.717, 1.165) is 43.1 Å². The lowest BCUT2D eigenvalue weighted by atomic mass is 10.0. The third-order valence-corrected chi connectivity index (χ3v) is 5.82. The SMILES string of the molecule is OCc1ccc(OC2=NC3N=C(c4ccc(N5CCOCC5)cc4)C(Cl)=CC3N2)cc1. The lowest BCUT2D eigenvalue weighted by Gasteiger charge is -2.29. The molecule has 7 nitrogen and oxygen atoms in total. The quantitative estimate of drug-likeness (QED) is 0.767. The Balaban J connectivity index is 1.31. The number of nitrogens with zero attached hydrogens (tertiary/aromatic N) is 3. The number of anilines is 1. The first-order valence-corrected chi connectivity index (χ1v) is 10.7. The van der Waals surface area contributed by atoms with Gasteiger partial charge in [-0.05, 0) is 35.9 Å². The van der Waals surface area contributed by atoms with Gasteiger partial charge in [0.2, 0.25) is 0 Å². The van der Waals surface area contributed by atoms with E-state index in [9.17, 15) is 0 Å². The molecule has 160 valence electrons. The second-order valence-corrected chi connectivity index (χ2v) is 7.97. The molecule has 2 aromatic rings. The van der Waals surface area contributed by atoms with Gasteiger partial charge in [0.25, 0.3) is 6.02 Å². The molecule has 2 N–H and O–H groups in total. The van der Waals surface area contributed by atoms with Gasteiger partial charge in [0.05, 0.1) is 36.6 Å². The maximum absolute atomic E-state index is 9.16. The third kappa shape index (κ3) is 4.30. The maximum Gasteiger partial charge on any atom is 0.293 e. The van der Waals surface area contributed by atoms with Crippen molar-refractivity contribution in [3.05, 3.63) is 70.8 Å². The average molecular weight is 439 g/mol. The van der Waals surface area contributed by atoms with E-state index in [1.807, 2.05) is 30.3 Å². The van der Waals surface area contributed by atoms with Crippen LogP contribution in [-0.4, -0.2) is 55.4 Å². The summed E-state index contributed by atoms with van der Waals surface area (Å²) in [6, 6.07) is 15.8. The minimum Gasteiger partial charge on any atom is -0.426 e. The van der Waals surface area contributed by atoms with E-state index in [1.165, 1.54) is 5.69 Å². The fourth-order valence-corrected chi connectivity index (χ4v) is 4.11. The van der Waals surface area contributed by atoms with Crippen LogP contribution in [0.3, 0.4) is 0 Å². The summed E-state index contributed by atoms with van der Waals surface area (Å²) in [5.41, 5.74) is 3.69. The second kappa shape index (κ2) is 8.70. The summed E-state index contributed by atoms with van der Waals surface area (Å²) in [5.74, 6) is 0.639. The molecule has 2 unspecified atom stereocenters. The Morgan fingerprint density at radius 2 is 1.81 bits per heavy atom. The molecular weight excluding hydrogens is 416 g/mol. The molecule has 1 saturated heterocycles. The van der Waals surface area contributed by atoms with E-state index in [1.54, 1.807) is 12.1 Å². The minimum absolute atomic E-state index is 0.00215. The molecular formula is C23H23ClN4O3. The minimum atomic E-state index is -0.330. The first-order chi connectivity index (χ1) is 15.2. The third-order valence-electron chi connectivity index (χ3n) is 5.51. The Bertz CT molecular complexity index is 1030. The van der Waals surface area contributed by atoms with Crippen molar-refractivity contribution in [2.75, 3.05) is 31.2 Å². The van der Waals surface area contributed by atoms with Crippen LogP contribution in [0.4, 0.5) is 5.69 Å². The predicted molar refractivity (Wildman–Crippen MR) is 121 cm³/mol. The zero-order valence-electron chi connectivity index (χ0n) is 16.9. The molecule has 8 heteroatoms. The van der Waals surface area contributed by atoms with Crippen LogP contribution in [0.15, 0.2) is 69.6 Å². The van der Waals surface area contributed by atoms with Crippen molar-refractivity contribution in [1.29, 1.82) is 0 Å². The summed E-state index contributed by atoms with van der Waals surface area (Å²) in [7, 11) is 0. The summed E-state index contributed by atoms with van der Waals surface area (Å²) in [5, 5.41) is 13.0. The Hall–Kier alpha value is -2.87. The van der Waals surface area contributed by atoms with Gasteiger partial charge in [0, 0.05) is 24.3 Å². The van der Waals surface area contributed by atoms with Crippen LogP contribution in [0.5, 0.6) is 5.75 Å². The number of morpholine rings is 1. The number of aliphatic hydroxyl groups is 1.